The standard InChI is InChI=1S/C24H12F8N2O2/c25-15-14(18(28)23(22(32)19(15)29)35-11-5-1-3-9(33)7-11)13-16(26)20(30)24(21(31)17(13)27)36-12-6-2-4-10(34)8-12/h1-8H,33-34H2. The van der Waals surface area contributed by atoms with Crippen molar-refractivity contribution in [1.82, 2.24) is 0 Å². The summed E-state index contributed by atoms with van der Waals surface area (Å²) < 4.78 is 127. The molecule has 12 heteroatoms. The lowest BCUT2D eigenvalue weighted by molar-refractivity contribution is 0.361. The molecule has 0 saturated carbocycles. The third-order valence-corrected chi connectivity index (χ3v) is 4.85. The Hall–Kier alpha value is -4.48. The molecule has 0 heterocycles. The van der Waals surface area contributed by atoms with E-state index >= 15 is 4.39 Å². The van der Waals surface area contributed by atoms with Crippen LogP contribution in [-0.2, 0) is 0 Å². The van der Waals surface area contributed by atoms with E-state index in [-0.39, 0.29) is 22.9 Å². The lowest BCUT2D eigenvalue weighted by Gasteiger charge is -2.16. The summed E-state index contributed by atoms with van der Waals surface area (Å²) in [6.45, 7) is 0. The van der Waals surface area contributed by atoms with Crippen molar-refractivity contribution in [2.75, 3.05) is 11.5 Å². The summed E-state index contributed by atoms with van der Waals surface area (Å²) in [7, 11) is 0. The van der Waals surface area contributed by atoms with Crippen molar-refractivity contribution in [1.29, 1.82) is 0 Å². The summed E-state index contributed by atoms with van der Waals surface area (Å²) in [5.74, 6) is -22.4. The number of rotatable bonds is 5. The summed E-state index contributed by atoms with van der Waals surface area (Å²) in [5, 5.41) is 0. The molecule has 0 radical (unpaired) electrons. The largest absolute Gasteiger partial charge is 0.451 e. The van der Waals surface area contributed by atoms with Gasteiger partial charge in [0.2, 0.25) is 29.0 Å². The van der Waals surface area contributed by atoms with Gasteiger partial charge in [-0.1, -0.05) is 12.1 Å². The van der Waals surface area contributed by atoms with Crippen molar-refractivity contribution < 1.29 is 44.6 Å². The molecule has 0 saturated heterocycles. The van der Waals surface area contributed by atoms with Crippen LogP contribution in [0.15, 0.2) is 48.5 Å². The molecule has 4 aromatic carbocycles. The lowest BCUT2D eigenvalue weighted by Crippen LogP contribution is -2.09. The van der Waals surface area contributed by atoms with Crippen molar-refractivity contribution in [2.24, 2.45) is 0 Å². The molecule has 0 fully saturated rings. The predicted molar refractivity (Wildman–Crippen MR) is 113 cm³/mol. The maximum atomic E-state index is 15.1. The van der Waals surface area contributed by atoms with Crippen molar-refractivity contribution in [3.63, 3.8) is 0 Å². The summed E-state index contributed by atoms with van der Waals surface area (Å²) in [6.07, 6.45) is 0. The second-order valence-electron chi connectivity index (χ2n) is 7.27. The first-order valence-electron chi connectivity index (χ1n) is 9.80. The van der Waals surface area contributed by atoms with Gasteiger partial charge in [-0.25, -0.2) is 22.0 Å². The van der Waals surface area contributed by atoms with E-state index in [1.807, 2.05) is 0 Å². The second-order valence-corrected chi connectivity index (χ2v) is 7.27. The average Bonchev–Trinajstić information content (AvgIpc) is 2.84. The molecule has 36 heavy (non-hydrogen) atoms. The Balaban J connectivity index is 1.91. The molecule has 0 spiro atoms. The summed E-state index contributed by atoms with van der Waals surface area (Å²) in [4.78, 5) is 0. The van der Waals surface area contributed by atoms with E-state index in [0.717, 1.165) is 24.3 Å². The predicted octanol–water partition coefficient (Wildman–Crippen LogP) is 7.22. The first kappa shape index (κ1) is 24.6. The quantitative estimate of drug-likeness (QED) is 0.128. The average molecular weight is 512 g/mol. The molecule has 0 amide bonds. The minimum Gasteiger partial charge on any atom is -0.451 e. The fourth-order valence-electron chi connectivity index (χ4n) is 3.23. The minimum absolute atomic E-state index is 0.0492. The highest BCUT2D eigenvalue weighted by molar-refractivity contribution is 5.70. The smallest absolute Gasteiger partial charge is 0.207 e. The third-order valence-electron chi connectivity index (χ3n) is 4.85. The SMILES string of the molecule is Nc1cccc(Oc2c(F)c(F)c(-c3c(F)c(F)c(F)c(Oc4cccc(N)c4)c3F)c(F)c2F)c1. The topological polar surface area (TPSA) is 70.5 Å². The van der Waals surface area contributed by atoms with E-state index in [1.165, 1.54) is 24.3 Å². The summed E-state index contributed by atoms with van der Waals surface area (Å²) >= 11 is 0. The number of anilines is 2. The van der Waals surface area contributed by atoms with Crippen molar-refractivity contribution >= 4 is 11.4 Å². The van der Waals surface area contributed by atoms with E-state index in [1.54, 1.807) is 0 Å². The van der Waals surface area contributed by atoms with Crippen LogP contribution in [0.4, 0.5) is 46.5 Å². The molecule has 0 atom stereocenters. The van der Waals surface area contributed by atoms with Crippen LogP contribution >= 0.6 is 0 Å². The Morgan fingerprint density at radius 3 is 1.25 bits per heavy atom. The summed E-state index contributed by atoms with van der Waals surface area (Å²) in [6, 6.07) is 9.70. The molecule has 0 aromatic heterocycles. The van der Waals surface area contributed by atoms with Crippen molar-refractivity contribution in [3.8, 4) is 34.1 Å². The molecule has 186 valence electrons. The number of benzene rings is 4. The lowest BCUT2D eigenvalue weighted by atomic mass is 10.0. The van der Waals surface area contributed by atoms with Gasteiger partial charge >= 0.3 is 0 Å². The maximum absolute atomic E-state index is 15.1. The molecule has 4 nitrogen and oxygen atoms in total. The molecular weight excluding hydrogens is 500 g/mol. The van der Waals surface area contributed by atoms with Gasteiger partial charge in [-0.15, -0.1) is 0 Å². The van der Waals surface area contributed by atoms with Gasteiger partial charge in [-0.2, -0.15) is 13.2 Å². The number of nitrogen functional groups attached to an aromatic ring is 2. The molecule has 0 bridgehead atoms. The van der Waals surface area contributed by atoms with Crippen LogP contribution in [0.2, 0.25) is 0 Å². The molecule has 0 aliphatic rings. The van der Waals surface area contributed by atoms with Gasteiger partial charge in [0, 0.05) is 23.5 Å². The highest BCUT2D eigenvalue weighted by atomic mass is 19.2. The van der Waals surface area contributed by atoms with Gasteiger partial charge in [-0.3, -0.25) is 0 Å². The molecule has 4 aromatic rings. The second kappa shape index (κ2) is 9.29. The molecule has 4 N–H and O–H groups in total. The van der Waals surface area contributed by atoms with Gasteiger partial charge in [0.25, 0.3) is 0 Å². The Kier molecular flexibility index (Phi) is 6.35. The number of ether oxygens (including phenoxy) is 2. The highest BCUT2D eigenvalue weighted by Gasteiger charge is 2.35. The Labute approximate surface area is 197 Å². The molecule has 0 aliphatic heterocycles. The van der Waals surface area contributed by atoms with Gasteiger partial charge in [-0.05, 0) is 24.3 Å². The van der Waals surface area contributed by atoms with Crippen LogP contribution in [0.5, 0.6) is 23.0 Å². The van der Waals surface area contributed by atoms with Crippen LogP contribution in [0.3, 0.4) is 0 Å². The third kappa shape index (κ3) is 4.21. The van der Waals surface area contributed by atoms with Crippen molar-refractivity contribution in [2.45, 2.75) is 0 Å². The van der Waals surface area contributed by atoms with E-state index in [9.17, 15) is 30.7 Å². The summed E-state index contributed by atoms with van der Waals surface area (Å²) in [5.41, 5.74) is 7.17. The van der Waals surface area contributed by atoms with Gasteiger partial charge in [0.05, 0.1) is 11.1 Å². The molecular formula is C24H12F8N2O2. The normalized spacial score (nSPS) is 11.0. The monoisotopic (exact) mass is 512 g/mol. The van der Waals surface area contributed by atoms with Crippen LogP contribution < -0.4 is 20.9 Å². The van der Waals surface area contributed by atoms with E-state index in [0.29, 0.717) is 0 Å². The molecule has 0 unspecified atom stereocenters. The zero-order chi connectivity index (χ0) is 26.3. The van der Waals surface area contributed by atoms with Crippen LogP contribution in [-0.4, -0.2) is 0 Å². The van der Waals surface area contributed by atoms with Gasteiger partial charge in [0.1, 0.15) is 11.5 Å². The Morgan fingerprint density at radius 1 is 0.444 bits per heavy atom. The zero-order valence-corrected chi connectivity index (χ0v) is 17.6. The van der Waals surface area contributed by atoms with E-state index in [2.05, 4.69) is 0 Å². The minimum atomic E-state index is -2.47. The number of hydrogen-bond acceptors (Lipinski definition) is 4. The van der Waals surface area contributed by atoms with E-state index < -0.39 is 69.2 Å². The fraction of sp³-hybridized carbons (Fsp3) is 0. The zero-order valence-electron chi connectivity index (χ0n) is 17.6. The van der Waals surface area contributed by atoms with Gasteiger partial charge in [0.15, 0.2) is 29.1 Å². The number of nitrogens with two attached hydrogens (primary N) is 2. The Bertz CT molecular complexity index is 1480. The highest BCUT2D eigenvalue weighted by Crippen LogP contribution is 2.43. The Morgan fingerprint density at radius 2 is 0.806 bits per heavy atom. The number of hydrogen-bond donors (Lipinski definition) is 2. The maximum Gasteiger partial charge on any atom is 0.207 e. The fourth-order valence-corrected chi connectivity index (χ4v) is 3.23. The molecule has 0 aliphatic carbocycles. The van der Waals surface area contributed by atoms with Gasteiger partial charge < -0.3 is 20.9 Å². The van der Waals surface area contributed by atoms with Crippen LogP contribution in [0.25, 0.3) is 11.1 Å². The van der Waals surface area contributed by atoms with Crippen LogP contribution in [0.1, 0.15) is 0 Å². The van der Waals surface area contributed by atoms with Crippen molar-refractivity contribution in [3.05, 3.63) is 95.1 Å². The first-order chi connectivity index (χ1) is 17.0. The van der Waals surface area contributed by atoms with E-state index in [4.69, 9.17) is 20.9 Å². The number of halogens is 8. The van der Waals surface area contributed by atoms with Crippen LogP contribution in [0, 0.1) is 46.5 Å². The molecule has 4 rings (SSSR count). The first-order valence-corrected chi connectivity index (χ1v) is 9.80.